The molecule has 12 N–H and O–H groups in total. The molecule has 0 unspecified atom stereocenters. The molecule has 1 amide bonds. The minimum absolute atomic E-state index is 0.0341. The van der Waals surface area contributed by atoms with E-state index in [0.717, 1.165) is 13.0 Å². The van der Waals surface area contributed by atoms with Crippen LogP contribution in [0.3, 0.4) is 0 Å². The van der Waals surface area contributed by atoms with E-state index in [9.17, 15) is 75.9 Å². The highest BCUT2D eigenvalue weighted by atomic mass is 16.8. The van der Waals surface area contributed by atoms with E-state index < -0.39 is 153 Å². The van der Waals surface area contributed by atoms with Gasteiger partial charge in [0.2, 0.25) is 5.91 Å². The van der Waals surface area contributed by atoms with Crippen molar-refractivity contribution < 1.29 is 109 Å². The summed E-state index contributed by atoms with van der Waals surface area (Å²) in [5.74, 6) is -5.74. The number of amides is 1. The van der Waals surface area contributed by atoms with Crippen molar-refractivity contribution in [3.8, 4) is 11.5 Å². The quantitative estimate of drug-likeness (QED) is 0.0513. The molecule has 0 saturated carbocycles. The van der Waals surface area contributed by atoms with Gasteiger partial charge in [-0.2, -0.15) is 0 Å². The standard InChI is InChI=1S/C32H48N2O23/c1-11(38)33-20-14(39)6-32(31(46)47,56-27(20)21(41)15(40)7-35)57-28-22(42)18(8-36)53-30(25(28)45)55-26-19(9-37)54-29(24(44)23(26)43)52-10-12-4-16(50-2)17(51-3)5-13(12)34(48)49/h4-5,14-15,18-30,35-37,39-45H,6-10H2,1-3H3,(H,33,38)(H,46,47)/t14-,15+,18+,19+,20+,21+,22-,23+,24+,25+,26+,27+,28-,29+,30-,32-/m0/s1. The maximum absolute atomic E-state index is 12.8. The molecule has 57 heavy (non-hydrogen) atoms. The average molecular weight is 829 g/mol. The first-order valence-corrected chi connectivity index (χ1v) is 17.3. The lowest BCUT2D eigenvalue weighted by Crippen LogP contribution is -2.70. The number of aliphatic hydroxyl groups is 10. The zero-order valence-electron chi connectivity index (χ0n) is 30.6. The van der Waals surface area contributed by atoms with Crippen LogP contribution in [0.15, 0.2) is 12.1 Å². The van der Waals surface area contributed by atoms with Crippen LogP contribution >= 0.6 is 0 Å². The number of carboxylic acids is 1. The summed E-state index contributed by atoms with van der Waals surface area (Å²) in [5.41, 5.74) is -0.524. The highest BCUT2D eigenvalue weighted by molar-refractivity contribution is 5.76. The van der Waals surface area contributed by atoms with Crippen LogP contribution in [0.5, 0.6) is 11.5 Å². The average Bonchev–Trinajstić information content (AvgIpc) is 3.18. The summed E-state index contributed by atoms with van der Waals surface area (Å²) in [6.45, 7) is -2.63. The third kappa shape index (κ3) is 9.87. The number of carboxylic acid groups (broad SMARTS) is 1. The second-order valence-electron chi connectivity index (χ2n) is 13.4. The number of methoxy groups -OCH3 is 2. The number of hydrogen-bond acceptors (Lipinski definition) is 22. The Hall–Kier alpha value is -3.48. The Kier molecular flexibility index (Phi) is 15.8. The van der Waals surface area contributed by atoms with Crippen molar-refractivity contribution in [2.45, 2.75) is 118 Å². The number of hydrogen-bond donors (Lipinski definition) is 12. The maximum Gasteiger partial charge on any atom is 0.364 e. The molecule has 25 nitrogen and oxygen atoms in total. The molecule has 25 heteroatoms. The Morgan fingerprint density at radius 2 is 1.54 bits per heavy atom. The molecule has 0 spiro atoms. The Labute approximate surface area is 322 Å². The lowest BCUT2D eigenvalue weighted by Gasteiger charge is -2.50. The first-order valence-electron chi connectivity index (χ1n) is 17.3. The molecule has 1 aromatic carbocycles. The normalized spacial score (nSPS) is 36.8. The molecule has 0 aromatic heterocycles. The number of nitrogens with one attached hydrogen (secondary N) is 1. The molecule has 4 rings (SSSR count). The van der Waals surface area contributed by atoms with E-state index in [0.29, 0.717) is 0 Å². The van der Waals surface area contributed by atoms with Crippen molar-refractivity contribution in [3.63, 3.8) is 0 Å². The van der Waals surface area contributed by atoms with E-state index in [4.69, 9.17) is 37.9 Å². The van der Waals surface area contributed by atoms with Crippen LogP contribution in [-0.4, -0.2) is 205 Å². The second kappa shape index (κ2) is 19.5. The van der Waals surface area contributed by atoms with Crippen LogP contribution < -0.4 is 14.8 Å². The monoisotopic (exact) mass is 828 g/mol. The molecule has 3 fully saturated rings. The molecule has 3 aliphatic rings. The third-order valence-electron chi connectivity index (χ3n) is 9.63. The summed E-state index contributed by atoms with van der Waals surface area (Å²) >= 11 is 0. The van der Waals surface area contributed by atoms with E-state index in [-0.39, 0.29) is 17.1 Å². The van der Waals surface area contributed by atoms with Crippen molar-refractivity contribution in [2.75, 3.05) is 34.0 Å². The summed E-state index contributed by atoms with van der Waals surface area (Å²) in [5, 5.41) is 130. The van der Waals surface area contributed by atoms with E-state index in [1.165, 1.54) is 20.3 Å². The van der Waals surface area contributed by atoms with Gasteiger partial charge in [0.1, 0.15) is 67.1 Å². The van der Waals surface area contributed by atoms with Crippen molar-refractivity contribution >= 4 is 17.6 Å². The van der Waals surface area contributed by atoms with Crippen LogP contribution in [0, 0.1) is 10.1 Å². The first-order chi connectivity index (χ1) is 26.9. The van der Waals surface area contributed by atoms with Gasteiger partial charge in [0.05, 0.1) is 69.3 Å². The van der Waals surface area contributed by atoms with Gasteiger partial charge in [0, 0.05) is 13.3 Å². The van der Waals surface area contributed by atoms with E-state index in [1.54, 1.807) is 0 Å². The summed E-state index contributed by atoms with van der Waals surface area (Å²) < 4.78 is 43.8. The van der Waals surface area contributed by atoms with Gasteiger partial charge in [-0.15, -0.1) is 0 Å². The van der Waals surface area contributed by atoms with Crippen molar-refractivity contribution in [3.05, 3.63) is 27.8 Å². The van der Waals surface area contributed by atoms with Crippen LogP contribution in [-0.2, 0) is 44.6 Å². The predicted molar refractivity (Wildman–Crippen MR) is 179 cm³/mol. The summed E-state index contributed by atoms with van der Waals surface area (Å²) in [4.78, 5) is 35.6. The Bertz CT molecular complexity index is 1540. The largest absolute Gasteiger partial charge is 0.493 e. The van der Waals surface area contributed by atoms with Gasteiger partial charge in [-0.1, -0.05) is 0 Å². The number of rotatable bonds is 17. The fraction of sp³-hybridized carbons (Fsp3) is 0.750. The number of aliphatic carboxylic acids is 1. The van der Waals surface area contributed by atoms with Gasteiger partial charge in [-0.05, 0) is 6.07 Å². The molecule has 324 valence electrons. The lowest BCUT2D eigenvalue weighted by atomic mass is 9.88. The smallest absolute Gasteiger partial charge is 0.364 e. The number of benzene rings is 1. The molecule has 3 saturated heterocycles. The molecule has 0 bridgehead atoms. The van der Waals surface area contributed by atoms with Crippen molar-refractivity contribution in [1.29, 1.82) is 0 Å². The van der Waals surface area contributed by atoms with Gasteiger partial charge in [0.15, 0.2) is 24.1 Å². The highest BCUT2D eigenvalue weighted by Gasteiger charge is 2.60. The number of ether oxygens (including phenoxy) is 8. The minimum Gasteiger partial charge on any atom is -0.493 e. The Morgan fingerprint density at radius 3 is 2.09 bits per heavy atom. The van der Waals surface area contributed by atoms with Crippen LogP contribution in [0.4, 0.5) is 5.69 Å². The van der Waals surface area contributed by atoms with Gasteiger partial charge in [-0.3, -0.25) is 14.9 Å². The van der Waals surface area contributed by atoms with Gasteiger partial charge in [-0.25, -0.2) is 4.79 Å². The second-order valence-corrected chi connectivity index (χ2v) is 13.4. The molecule has 0 radical (unpaired) electrons. The number of aliphatic hydroxyl groups excluding tert-OH is 10. The van der Waals surface area contributed by atoms with Crippen LogP contribution in [0.2, 0.25) is 0 Å². The number of carbonyl (C=O) groups is 2. The predicted octanol–water partition coefficient (Wildman–Crippen LogP) is -6.07. The molecule has 1 aromatic rings. The first kappa shape index (κ1) is 46.2. The molecule has 3 aliphatic heterocycles. The summed E-state index contributed by atoms with van der Waals surface area (Å²) in [7, 11) is 2.55. The Balaban J connectivity index is 1.57. The molecular weight excluding hydrogens is 780 g/mol. The summed E-state index contributed by atoms with van der Waals surface area (Å²) in [6.07, 6.45) is -28.7. The van der Waals surface area contributed by atoms with Crippen molar-refractivity contribution in [2.24, 2.45) is 0 Å². The molecule has 0 aliphatic carbocycles. The fourth-order valence-electron chi connectivity index (χ4n) is 6.65. The van der Waals surface area contributed by atoms with E-state index in [1.807, 2.05) is 0 Å². The zero-order chi connectivity index (χ0) is 42.5. The third-order valence-corrected chi connectivity index (χ3v) is 9.63. The molecular formula is C32H48N2O23. The van der Waals surface area contributed by atoms with E-state index in [2.05, 4.69) is 5.32 Å². The van der Waals surface area contributed by atoms with Gasteiger partial charge in [0.25, 0.3) is 11.5 Å². The maximum atomic E-state index is 12.8. The minimum atomic E-state index is -3.09. The van der Waals surface area contributed by atoms with Gasteiger partial charge < -0.3 is 99.4 Å². The summed E-state index contributed by atoms with van der Waals surface area (Å²) in [6, 6.07) is 0.720. The van der Waals surface area contributed by atoms with Crippen molar-refractivity contribution in [1.82, 2.24) is 5.32 Å². The lowest BCUT2D eigenvalue weighted by molar-refractivity contribution is -0.389. The topological polar surface area (TPSA) is 386 Å². The highest BCUT2D eigenvalue weighted by Crippen LogP contribution is 2.39. The number of carbonyl (C=O) groups excluding carboxylic acids is 1. The molecule has 16 atom stereocenters. The van der Waals surface area contributed by atoms with Gasteiger partial charge >= 0.3 is 5.97 Å². The van der Waals surface area contributed by atoms with Crippen LogP contribution in [0.1, 0.15) is 18.9 Å². The number of nitrogens with zero attached hydrogens (tertiary/aromatic N) is 1. The molecule has 3 heterocycles. The van der Waals surface area contributed by atoms with Crippen LogP contribution in [0.25, 0.3) is 0 Å². The Morgan fingerprint density at radius 1 is 0.930 bits per heavy atom. The fourth-order valence-corrected chi connectivity index (χ4v) is 6.65. The number of nitro benzene ring substituents is 1. The number of nitro groups is 1. The SMILES string of the molecule is COc1cc(CO[C@@H]2O[C@H](CO)[C@@H](O[C@@H]3O[C@H](CO)[C@H](O)[C@H](O[C@]4(C(=O)O)C[C@H](O)[C@@H](NC(C)=O)[C@H]([C@H](O)[C@H](O)CO)O4)[C@H]3O)[C@H](O)[C@H]2O)c([N+](=O)[O-])cc1OC. The van der Waals surface area contributed by atoms with E-state index >= 15 is 0 Å². The zero-order valence-corrected chi connectivity index (χ0v) is 30.6.